The Kier molecular flexibility index (Phi) is 13.2. The molecule has 0 amide bonds. The Balaban J connectivity index is 0. The summed E-state index contributed by atoms with van der Waals surface area (Å²) >= 11 is 0. The van der Waals surface area contributed by atoms with Gasteiger partial charge >= 0.3 is 0 Å². The Hall–Kier alpha value is -0.0400. The molecule has 1 nitrogen and oxygen atoms in total. The minimum atomic E-state index is 0. The molecule has 1 saturated heterocycles. The SMILES string of the molecule is C.CC.CCCN1CCCCC1. The van der Waals surface area contributed by atoms with Crippen LogP contribution in [0.25, 0.3) is 0 Å². The van der Waals surface area contributed by atoms with Crippen LogP contribution in [-0.2, 0) is 0 Å². The molecule has 0 aromatic carbocycles. The molecule has 0 aliphatic carbocycles. The molecule has 12 heavy (non-hydrogen) atoms. The van der Waals surface area contributed by atoms with Crippen LogP contribution in [0.5, 0.6) is 0 Å². The molecule has 1 aliphatic rings. The lowest BCUT2D eigenvalue weighted by atomic mass is 10.1. The summed E-state index contributed by atoms with van der Waals surface area (Å²) in [6.45, 7) is 10.3. The molecule has 0 aromatic rings. The molecular weight excluding hydrogens is 146 g/mol. The lowest BCUT2D eigenvalue weighted by Crippen LogP contribution is -2.30. The minimum absolute atomic E-state index is 0. The van der Waals surface area contributed by atoms with Crippen molar-refractivity contribution in [2.45, 2.75) is 53.9 Å². The fraction of sp³-hybridized carbons (Fsp3) is 1.00. The van der Waals surface area contributed by atoms with Gasteiger partial charge in [0.25, 0.3) is 0 Å². The zero-order chi connectivity index (χ0) is 8.53. The largest absolute Gasteiger partial charge is 0.303 e. The summed E-state index contributed by atoms with van der Waals surface area (Å²) in [4.78, 5) is 2.57. The van der Waals surface area contributed by atoms with Crippen molar-refractivity contribution < 1.29 is 0 Å². The van der Waals surface area contributed by atoms with Gasteiger partial charge in [0, 0.05) is 0 Å². The Morgan fingerprint density at radius 1 is 1.00 bits per heavy atom. The average Bonchev–Trinajstić information content (AvgIpc) is 2.11. The predicted octanol–water partition coefficient (Wildman–Crippen LogP) is 3.54. The van der Waals surface area contributed by atoms with E-state index in [0.717, 1.165) is 0 Å². The van der Waals surface area contributed by atoms with Crippen LogP contribution in [0.4, 0.5) is 0 Å². The van der Waals surface area contributed by atoms with Crippen LogP contribution >= 0.6 is 0 Å². The molecular formula is C11H27N. The van der Waals surface area contributed by atoms with Gasteiger partial charge in [0.15, 0.2) is 0 Å². The summed E-state index contributed by atoms with van der Waals surface area (Å²) in [5.41, 5.74) is 0. The van der Waals surface area contributed by atoms with Crippen molar-refractivity contribution in [1.82, 2.24) is 4.90 Å². The standard InChI is InChI=1S/C8H17N.C2H6.CH4/c1-2-6-9-7-4-3-5-8-9;1-2;/h2-8H2,1H3;1-2H3;1H4. The first-order valence-corrected chi connectivity index (χ1v) is 5.16. The van der Waals surface area contributed by atoms with E-state index < -0.39 is 0 Å². The van der Waals surface area contributed by atoms with Crippen molar-refractivity contribution >= 4 is 0 Å². The second-order valence-electron chi connectivity index (χ2n) is 2.90. The summed E-state index contributed by atoms with van der Waals surface area (Å²) in [5, 5.41) is 0. The molecule has 76 valence electrons. The zero-order valence-corrected chi connectivity index (χ0v) is 8.40. The van der Waals surface area contributed by atoms with Gasteiger partial charge < -0.3 is 4.90 Å². The van der Waals surface area contributed by atoms with E-state index in [0.29, 0.717) is 0 Å². The molecule has 0 saturated carbocycles. The second-order valence-corrected chi connectivity index (χ2v) is 2.90. The van der Waals surface area contributed by atoms with Crippen LogP contribution in [0, 0.1) is 0 Å². The van der Waals surface area contributed by atoms with Crippen molar-refractivity contribution in [2.75, 3.05) is 19.6 Å². The van der Waals surface area contributed by atoms with E-state index in [1.54, 1.807) is 0 Å². The molecule has 0 spiro atoms. The number of piperidine rings is 1. The van der Waals surface area contributed by atoms with E-state index in [9.17, 15) is 0 Å². The van der Waals surface area contributed by atoms with Gasteiger partial charge in [-0.25, -0.2) is 0 Å². The number of nitrogens with zero attached hydrogens (tertiary/aromatic N) is 1. The summed E-state index contributed by atoms with van der Waals surface area (Å²) in [6.07, 6.45) is 5.64. The van der Waals surface area contributed by atoms with Crippen molar-refractivity contribution in [1.29, 1.82) is 0 Å². The van der Waals surface area contributed by atoms with E-state index in [4.69, 9.17) is 0 Å². The molecule has 0 unspecified atom stereocenters. The number of rotatable bonds is 2. The maximum atomic E-state index is 2.57. The number of hydrogen-bond donors (Lipinski definition) is 0. The lowest BCUT2D eigenvalue weighted by Gasteiger charge is -2.25. The van der Waals surface area contributed by atoms with Gasteiger partial charge in [0.1, 0.15) is 0 Å². The van der Waals surface area contributed by atoms with Gasteiger partial charge in [0.2, 0.25) is 0 Å². The second kappa shape index (κ2) is 11.0. The molecule has 1 aliphatic heterocycles. The van der Waals surface area contributed by atoms with Crippen LogP contribution in [0.2, 0.25) is 0 Å². The molecule has 0 N–H and O–H groups in total. The fourth-order valence-electron chi connectivity index (χ4n) is 1.50. The quantitative estimate of drug-likeness (QED) is 0.617. The van der Waals surface area contributed by atoms with Crippen molar-refractivity contribution in [3.63, 3.8) is 0 Å². The Morgan fingerprint density at radius 3 is 1.92 bits per heavy atom. The predicted molar refractivity (Wildman–Crippen MR) is 58.7 cm³/mol. The van der Waals surface area contributed by atoms with Crippen LogP contribution in [0.3, 0.4) is 0 Å². The summed E-state index contributed by atoms with van der Waals surface area (Å²) in [7, 11) is 0. The zero-order valence-electron chi connectivity index (χ0n) is 8.40. The van der Waals surface area contributed by atoms with E-state index in [-0.39, 0.29) is 7.43 Å². The Labute approximate surface area is 79.2 Å². The van der Waals surface area contributed by atoms with Gasteiger partial charge in [0.05, 0.1) is 0 Å². The third-order valence-electron chi connectivity index (χ3n) is 1.99. The van der Waals surface area contributed by atoms with Crippen LogP contribution in [0.1, 0.15) is 53.9 Å². The molecule has 1 rings (SSSR count). The van der Waals surface area contributed by atoms with E-state index >= 15 is 0 Å². The van der Waals surface area contributed by atoms with Gasteiger partial charge in [-0.15, -0.1) is 0 Å². The molecule has 1 fully saturated rings. The maximum Gasteiger partial charge on any atom is -0.00187 e. The van der Waals surface area contributed by atoms with E-state index in [2.05, 4.69) is 11.8 Å². The van der Waals surface area contributed by atoms with Crippen LogP contribution in [0.15, 0.2) is 0 Å². The van der Waals surface area contributed by atoms with Gasteiger partial charge in [-0.05, 0) is 38.9 Å². The highest BCUT2D eigenvalue weighted by Crippen LogP contribution is 2.07. The summed E-state index contributed by atoms with van der Waals surface area (Å²) in [5.74, 6) is 0. The van der Waals surface area contributed by atoms with Crippen molar-refractivity contribution in [2.24, 2.45) is 0 Å². The average molecular weight is 173 g/mol. The minimum Gasteiger partial charge on any atom is -0.303 e. The van der Waals surface area contributed by atoms with Crippen molar-refractivity contribution in [3.05, 3.63) is 0 Å². The number of likely N-dealkylation sites (tertiary alicyclic amines) is 1. The first kappa shape index (κ1) is 14.5. The highest BCUT2D eigenvalue weighted by Gasteiger charge is 2.07. The third kappa shape index (κ3) is 6.66. The molecule has 1 heteroatoms. The van der Waals surface area contributed by atoms with Crippen LogP contribution in [-0.4, -0.2) is 24.5 Å². The first-order chi connectivity index (χ1) is 5.43. The van der Waals surface area contributed by atoms with Crippen molar-refractivity contribution in [3.8, 4) is 0 Å². The number of hydrogen-bond acceptors (Lipinski definition) is 1. The Morgan fingerprint density at radius 2 is 1.50 bits per heavy atom. The molecule has 0 atom stereocenters. The first-order valence-electron chi connectivity index (χ1n) is 5.16. The summed E-state index contributed by atoms with van der Waals surface area (Å²) in [6, 6.07) is 0. The Bertz CT molecular complexity index is 62.6. The molecule has 0 aromatic heterocycles. The molecule has 0 radical (unpaired) electrons. The van der Waals surface area contributed by atoms with Gasteiger partial charge in [-0.3, -0.25) is 0 Å². The van der Waals surface area contributed by atoms with E-state index in [1.807, 2.05) is 13.8 Å². The third-order valence-corrected chi connectivity index (χ3v) is 1.99. The highest BCUT2D eigenvalue weighted by atomic mass is 15.1. The normalized spacial score (nSPS) is 17.2. The van der Waals surface area contributed by atoms with Crippen LogP contribution < -0.4 is 0 Å². The fourth-order valence-corrected chi connectivity index (χ4v) is 1.50. The smallest absolute Gasteiger partial charge is 0.00187 e. The lowest BCUT2D eigenvalue weighted by molar-refractivity contribution is 0.229. The maximum absolute atomic E-state index is 2.57. The van der Waals surface area contributed by atoms with Gasteiger partial charge in [-0.1, -0.05) is 34.6 Å². The monoisotopic (exact) mass is 173 g/mol. The topological polar surface area (TPSA) is 3.24 Å². The molecule has 0 bridgehead atoms. The highest BCUT2D eigenvalue weighted by molar-refractivity contribution is 4.62. The van der Waals surface area contributed by atoms with Gasteiger partial charge in [-0.2, -0.15) is 0 Å². The molecule has 1 heterocycles. The summed E-state index contributed by atoms with van der Waals surface area (Å²) < 4.78 is 0. The van der Waals surface area contributed by atoms with E-state index in [1.165, 1.54) is 45.3 Å².